The Bertz CT molecular complexity index is 1230. The van der Waals surface area contributed by atoms with Crippen molar-refractivity contribution in [3.63, 3.8) is 0 Å². The van der Waals surface area contributed by atoms with Crippen LogP contribution in [0.25, 0.3) is 16.6 Å². The first kappa shape index (κ1) is 21.8. The summed E-state index contributed by atoms with van der Waals surface area (Å²) >= 11 is 0. The fraction of sp³-hybridized carbons (Fsp3) is 0.464. The average Bonchev–Trinajstić information content (AvgIpc) is 3.06. The number of nitrogens with zero attached hydrogens (tertiary/aromatic N) is 2. The fourth-order valence-electron chi connectivity index (χ4n) is 6.80. The Morgan fingerprint density at radius 3 is 2.74 bits per heavy atom. The fourth-order valence-corrected chi connectivity index (χ4v) is 6.80. The van der Waals surface area contributed by atoms with Gasteiger partial charge in [0.2, 0.25) is 0 Å². The van der Waals surface area contributed by atoms with Crippen LogP contribution in [0.5, 0.6) is 0 Å². The number of para-hydroxylation sites is 2. The van der Waals surface area contributed by atoms with E-state index in [2.05, 4.69) is 59.0 Å². The molecule has 1 fully saturated rings. The molecule has 1 unspecified atom stereocenters. The molecule has 3 heterocycles. The number of benzene rings is 2. The summed E-state index contributed by atoms with van der Waals surface area (Å²) in [6, 6.07) is 17.0. The second-order valence-electron chi connectivity index (χ2n) is 10.3. The Morgan fingerprint density at radius 1 is 1.09 bits per heavy atom. The minimum Gasteiger partial charge on any atom is -0.481 e. The standard InChI is InChI=1S/C28H32N2O4/c1-29-13-12-20-19-7-3-5-9-23(19)30-22-8-4-2-6-18(22)16-34-25(27(20)30)14-21-17(15-29)10-11-24(31)26(21)28(32)33/h2-9,17,21,24-26,31H,10-16H2,1H3,(H,32,33)/t17-,21-,24-,25-,26?/m0/s1. The van der Waals surface area contributed by atoms with E-state index >= 15 is 0 Å². The molecule has 1 aromatic heterocycles. The molecular formula is C28H32N2O4. The smallest absolute Gasteiger partial charge is 0.309 e. The molecule has 1 aliphatic carbocycles. The summed E-state index contributed by atoms with van der Waals surface area (Å²) in [5.41, 5.74) is 5.91. The molecule has 5 atom stereocenters. The number of likely N-dealkylation sites (N-methyl/N-ethyl adjacent to an activating group) is 1. The molecule has 34 heavy (non-hydrogen) atoms. The number of carboxylic acid groups (broad SMARTS) is 1. The maximum Gasteiger partial charge on any atom is 0.309 e. The minimum absolute atomic E-state index is 0.146. The van der Waals surface area contributed by atoms with Crippen molar-refractivity contribution in [2.24, 2.45) is 17.8 Å². The van der Waals surface area contributed by atoms with Crippen LogP contribution in [-0.4, -0.2) is 51.9 Å². The van der Waals surface area contributed by atoms with E-state index in [1.807, 2.05) is 6.07 Å². The van der Waals surface area contributed by atoms with Gasteiger partial charge in [0.25, 0.3) is 0 Å². The van der Waals surface area contributed by atoms with Crippen molar-refractivity contribution in [1.29, 1.82) is 0 Å². The van der Waals surface area contributed by atoms with Gasteiger partial charge in [0.05, 0.1) is 41.6 Å². The Morgan fingerprint density at radius 2 is 1.88 bits per heavy atom. The van der Waals surface area contributed by atoms with Crippen molar-refractivity contribution in [3.05, 3.63) is 65.4 Å². The van der Waals surface area contributed by atoms with Gasteiger partial charge in [-0.25, -0.2) is 0 Å². The van der Waals surface area contributed by atoms with E-state index in [-0.39, 0.29) is 17.9 Å². The lowest BCUT2D eigenvalue weighted by Crippen LogP contribution is -2.47. The van der Waals surface area contributed by atoms with Crippen molar-refractivity contribution in [2.75, 3.05) is 20.1 Å². The van der Waals surface area contributed by atoms with Crippen LogP contribution in [0.3, 0.4) is 0 Å². The number of carbonyl (C=O) groups is 1. The summed E-state index contributed by atoms with van der Waals surface area (Å²) in [7, 11) is 2.14. The van der Waals surface area contributed by atoms with E-state index < -0.39 is 18.0 Å². The van der Waals surface area contributed by atoms with Crippen LogP contribution in [0, 0.1) is 17.8 Å². The van der Waals surface area contributed by atoms with Crippen LogP contribution >= 0.6 is 0 Å². The number of aliphatic hydroxyl groups excluding tert-OH is 1. The topological polar surface area (TPSA) is 74.9 Å². The number of hydrogen-bond acceptors (Lipinski definition) is 4. The van der Waals surface area contributed by atoms with Crippen molar-refractivity contribution in [3.8, 4) is 5.69 Å². The number of fused-ring (bicyclic) bond motifs is 6. The maximum absolute atomic E-state index is 12.3. The molecule has 6 heteroatoms. The minimum atomic E-state index is -0.889. The third kappa shape index (κ3) is 3.47. The molecule has 1 saturated carbocycles. The van der Waals surface area contributed by atoms with Gasteiger partial charge in [-0.3, -0.25) is 4.79 Å². The summed E-state index contributed by atoms with van der Waals surface area (Å²) in [4.78, 5) is 14.7. The molecule has 0 bridgehead atoms. The summed E-state index contributed by atoms with van der Waals surface area (Å²) in [5, 5.41) is 22.1. The van der Waals surface area contributed by atoms with Gasteiger partial charge in [-0.2, -0.15) is 0 Å². The Hall–Kier alpha value is -2.67. The summed E-state index contributed by atoms with van der Waals surface area (Å²) in [6.07, 6.45) is 1.89. The lowest BCUT2D eigenvalue weighted by Gasteiger charge is -2.42. The van der Waals surface area contributed by atoms with E-state index in [0.717, 1.165) is 42.9 Å². The van der Waals surface area contributed by atoms with Gasteiger partial charge in [0.15, 0.2) is 0 Å². The molecule has 3 aliphatic rings. The number of carboxylic acids is 1. The van der Waals surface area contributed by atoms with Crippen molar-refractivity contribution in [1.82, 2.24) is 9.47 Å². The quantitative estimate of drug-likeness (QED) is 0.570. The number of rotatable bonds is 1. The Balaban J connectivity index is 1.57. The van der Waals surface area contributed by atoms with E-state index in [1.165, 1.54) is 16.5 Å². The number of aliphatic hydroxyl groups is 1. The zero-order chi connectivity index (χ0) is 23.4. The van der Waals surface area contributed by atoms with Gasteiger partial charge in [-0.1, -0.05) is 36.4 Å². The van der Waals surface area contributed by atoms with Gasteiger partial charge in [-0.15, -0.1) is 0 Å². The highest BCUT2D eigenvalue weighted by Crippen LogP contribution is 2.46. The van der Waals surface area contributed by atoms with Crippen LogP contribution in [0.15, 0.2) is 48.5 Å². The summed E-state index contributed by atoms with van der Waals surface area (Å²) < 4.78 is 8.99. The van der Waals surface area contributed by atoms with E-state index in [1.54, 1.807) is 0 Å². The Labute approximate surface area is 199 Å². The molecule has 2 aromatic carbocycles. The lowest BCUT2D eigenvalue weighted by molar-refractivity contribution is -0.155. The molecule has 0 amide bonds. The third-order valence-corrected chi connectivity index (χ3v) is 8.37. The molecule has 0 saturated heterocycles. The number of aromatic nitrogens is 1. The zero-order valence-electron chi connectivity index (χ0n) is 19.6. The van der Waals surface area contributed by atoms with Crippen LogP contribution in [0.1, 0.15) is 42.2 Å². The van der Waals surface area contributed by atoms with Gasteiger partial charge in [0.1, 0.15) is 0 Å². The maximum atomic E-state index is 12.3. The number of aliphatic carboxylic acids is 1. The van der Waals surface area contributed by atoms with Crippen molar-refractivity contribution in [2.45, 2.75) is 44.5 Å². The number of ether oxygens (including phenoxy) is 1. The molecular weight excluding hydrogens is 428 g/mol. The first-order valence-electron chi connectivity index (χ1n) is 12.4. The molecule has 178 valence electrons. The van der Waals surface area contributed by atoms with E-state index in [4.69, 9.17) is 4.74 Å². The van der Waals surface area contributed by atoms with Crippen LogP contribution in [-0.2, 0) is 22.6 Å². The second kappa shape index (κ2) is 8.52. The monoisotopic (exact) mass is 460 g/mol. The SMILES string of the molecule is CN1CCc2c3n(c4ccccc24)-c2ccccc2CO[C@H]3C[C@@H]2C(C(=O)O)[C@@H](O)CC[C@H]2C1. The van der Waals surface area contributed by atoms with Crippen molar-refractivity contribution < 1.29 is 19.7 Å². The zero-order valence-corrected chi connectivity index (χ0v) is 19.6. The first-order valence-corrected chi connectivity index (χ1v) is 12.4. The number of hydrogen-bond donors (Lipinski definition) is 2. The molecule has 6 nitrogen and oxygen atoms in total. The second-order valence-corrected chi connectivity index (χ2v) is 10.3. The van der Waals surface area contributed by atoms with Crippen LogP contribution < -0.4 is 0 Å². The predicted octanol–water partition coefficient (Wildman–Crippen LogP) is 4.17. The molecule has 0 spiro atoms. The normalized spacial score (nSPS) is 29.5. The van der Waals surface area contributed by atoms with E-state index in [0.29, 0.717) is 19.4 Å². The van der Waals surface area contributed by atoms with E-state index in [9.17, 15) is 15.0 Å². The van der Waals surface area contributed by atoms with Crippen molar-refractivity contribution >= 4 is 16.9 Å². The summed E-state index contributed by atoms with van der Waals surface area (Å²) in [5.74, 6) is -1.57. The molecule has 2 N–H and O–H groups in total. The highest BCUT2D eigenvalue weighted by Gasteiger charge is 2.45. The van der Waals surface area contributed by atoms with Crippen LogP contribution in [0.4, 0.5) is 0 Å². The van der Waals surface area contributed by atoms with Gasteiger partial charge >= 0.3 is 5.97 Å². The van der Waals surface area contributed by atoms with Crippen LogP contribution in [0.2, 0.25) is 0 Å². The predicted molar refractivity (Wildman–Crippen MR) is 130 cm³/mol. The lowest BCUT2D eigenvalue weighted by atomic mass is 9.67. The summed E-state index contributed by atoms with van der Waals surface area (Å²) in [6.45, 7) is 2.24. The highest BCUT2D eigenvalue weighted by molar-refractivity contribution is 5.88. The van der Waals surface area contributed by atoms with Gasteiger partial charge < -0.3 is 24.4 Å². The molecule has 2 aliphatic heterocycles. The molecule has 3 aromatic rings. The third-order valence-electron chi connectivity index (χ3n) is 8.37. The first-order chi connectivity index (χ1) is 16.5. The largest absolute Gasteiger partial charge is 0.481 e. The molecule has 6 rings (SSSR count). The molecule has 0 radical (unpaired) electrons. The average molecular weight is 461 g/mol. The van der Waals surface area contributed by atoms with Gasteiger partial charge in [-0.05, 0) is 62.3 Å². The highest BCUT2D eigenvalue weighted by atomic mass is 16.5. The van der Waals surface area contributed by atoms with Gasteiger partial charge in [0, 0.05) is 24.0 Å². The Kier molecular flexibility index (Phi) is 5.47.